The molecule has 0 rings (SSSR count). The zero-order valence-electron chi connectivity index (χ0n) is 13.6. The first-order valence-corrected chi connectivity index (χ1v) is 7.48. The third-order valence-electron chi connectivity index (χ3n) is 3.93. The second-order valence-corrected chi connectivity index (χ2v) is 5.45. The second kappa shape index (κ2) is 9.32. The molecule has 0 aliphatic carbocycles. The van der Waals surface area contributed by atoms with E-state index in [1.807, 2.05) is 6.92 Å². The van der Waals surface area contributed by atoms with Crippen molar-refractivity contribution in [3.05, 3.63) is 0 Å². The molecule has 4 nitrogen and oxygen atoms in total. The van der Waals surface area contributed by atoms with Crippen molar-refractivity contribution >= 4 is 5.97 Å². The van der Waals surface area contributed by atoms with Crippen LogP contribution in [0.4, 0.5) is 0 Å². The lowest BCUT2D eigenvalue weighted by Gasteiger charge is -2.32. The molecule has 4 heteroatoms. The van der Waals surface area contributed by atoms with E-state index in [0.29, 0.717) is 6.04 Å². The molecule has 114 valence electrons. The molecule has 0 aromatic rings. The van der Waals surface area contributed by atoms with Gasteiger partial charge >= 0.3 is 5.97 Å². The van der Waals surface area contributed by atoms with Gasteiger partial charge in [0.1, 0.15) is 5.54 Å². The van der Waals surface area contributed by atoms with E-state index < -0.39 is 5.54 Å². The van der Waals surface area contributed by atoms with E-state index in [-0.39, 0.29) is 5.97 Å². The van der Waals surface area contributed by atoms with Crippen molar-refractivity contribution in [1.82, 2.24) is 10.2 Å². The highest BCUT2D eigenvalue weighted by atomic mass is 16.5. The third-order valence-corrected chi connectivity index (χ3v) is 3.93. The topological polar surface area (TPSA) is 41.6 Å². The molecule has 0 spiro atoms. The van der Waals surface area contributed by atoms with Crippen LogP contribution in [0.5, 0.6) is 0 Å². The molecule has 0 aliphatic rings. The van der Waals surface area contributed by atoms with E-state index in [4.69, 9.17) is 4.74 Å². The molecule has 1 atom stereocenters. The summed E-state index contributed by atoms with van der Waals surface area (Å²) in [6.07, 6.45) is 4.07. The lowest BCUT2D eigenvalue weighted by Crippen LogP contribution is -2.52. The number of esters is 1. The molecule has 0 fully saturated rings. The highest BCUT2D eigenvalue weighted by Gasteiger charge is 2.33. The van der Waals surface area contributed by atoms with Crippen LogP contribution in [0.25, 0.3) is 0 Å². The van der Waals surface area contributed by atoms with Gasteiger partial charge in [0, 0.05) is 12.6 Å². The molecule has 0 aromatic carbocycles. The van der Waals surface area contributed by atoms with Crippen molar-refractivity contribution in [1.29, 1.82) is 0 Å². The fourth-order valence-corrected chi connectivity index (χ4v) is 2.38. The Balaban J connectivity index is 4.52. The number of methoxy groups -OCH3 is 1. The van der Waals surface area contributed by atoms with E-state index in [2.05, 4.69) is 38.0 Å². The summed E-state index contributed by atoms with van der Waals surface area (Å²) < 4.78 is 4.94. The number of nitrogens with zero attached hydrogens (tertiary/aromatic N) is 1. The van der Waals surface area contributed by atoms with Crippen LogP contribution in [0.2, 0.25) is 0 Å². The van der Waals surface area contributed by atoms with Gasteiger partial charge < -0.3 is 15.0 Å². The Labute approximate surface area is 118 Å². The quantitative estimate of drug-likeness (QED) is 0.620. The van der Waals surface area contributed by atoms with Gasteiger partial charge in [-0.25, -0.2) is 0 Å². The Morgan fingerprint density at radius 2 is 1.89 bits per heavy atom. The van der Waals surface area contributed by atoms with E-state index in [1.54, 1.807) is 0 Å². The Morgan fingerprint density at radius 3 is 2.32 bits per heavy atom. The van der Waals surface area contributed by atoms with Gasteiger partial charge in [-0.2, -0.15) is 0 Å². The van der Waals surface area contributed by atoms with Crippen molar-refractivity contribution in [3.63, 3.8) is 0 Å². The average molecular weight is 272 g/mol. The van der Waals surface area contributed by atoms with Gasteiger partial charge in [0.05, 0.1) is 7.11 Å². The lowest BCUT2D eigenvalue weighted by molar-refractivity contribution is -0.148. The average Bonchev–Trinajstić information content (AvgIpc) is 2.43. The first-order chi connectivity index (χ1) is 8.95. The molecule has 0 bridgehead atoms. The number of hydrogen-bond donors (Lipinski definition) is 1. The maximum atomic E-state index is 12.0. The van der Waals surface area contributed by atoms with Crippen LogP contribution in [0.15, 0.2) is 0 Å². The maximum absolute atomic E-state index is 12.0. The summed E-state index contributed by atoms with van der Waals surface area (Å²) in [5.74, 6) is -0.168. The Morgan fingerprint density at radius 1 is 1.32 bits per heavy atom. The van der Waals surface area contributed by atoms with Crippen LogP contribution in [0.1, 0.15) is 53.4 Å². The highest BCUT2D eigenvalue weighted by Crippen LogP contribution is 2.15. The number of ether oxygens (including phenoxy) is 1. The predicted octanol–water partition coefficient (Wildman–Crippen LogP) is 2.43. The minimum atomic E-state index is -0.578. The summed E-state index contributed by atoms with van der Waals surface area (Å²) in [5.41, 5.74) is -0.578. The van der Waals surface area contributed by atoms with E-state index in [0.717, 1.165) is 38.8 Å². The Hall–Kier alpha value is -0.610. The Bertz CT molecular complexity index is 255. The number of carbonyl (C=O) groups excluding carboxylic acids is 1. The van der Waals surface area contributed by atoms with Gasteiger partial charge in [-0.3, -0.25) is 4.79 Å². The van der Waals surface area contributed by atoms with Crippen molar-refractivity contribution in [3.8, 4) is 0 Å². The highest BCUT2D eigenvalue weighted by molar-refractivity contribution is 5.80. The smallest absolute Gasteiger partial charge is 0.325 e. The minimum absolute atomic E-state index is 0.168. The molecule has 0 saturated heterocycles. The largest absolute Gasteiger partial charge is 0.468 e. The fraction of sp³-hybridized carbons (Fsp3) is 0.933. The van der Waals surface area contributed by atoms with Crippen LogP contribution in [0, 0.1) is 0 Å². The minimum Gasteiger partial charge on any atom is -0.468 e. The third kappa shape index (κ3) is 5.91. The normalized spacial score (nSPS) is 14.7. The predicted molar refractivity (Wildman–Crippen MR) is 80.3 cm³/mol. The molecule has 0 heterocycles. The van der Waals surface area contributed by atoms with E-state index in [1.165, 1.54) is 7.11 Å². The number of carbonyl (C=O) groups is 1. The molecule has 0 aromatic heterocycles. The van der Waals surface area contributed by atoms with Crippen molar-refractivity contribution < 1.29 is 9.53 Å². The maximum Gasteiger partial charge on any atom is 0.325 e. The van der Waals surface area contributed by atoms with Crippen molar-refractivity contribution in [2.45, 2.75) is 65.0 Å². The SMILES string of the molecule is CCCNC(C)(CCN(C)C(CC)CC)C(=O)OC. The first kappa shape index (κ1) is 18.4. The van der Waals surface area contributed by atoms with Gasteiger partial charge in [0.15, 0.2) is 0 Å². The monoisotopic (exact) mass is 272 g/mol. The van der Waals surface area contributed by atoms with Gasteiger partial charge in [-0.05, 0) is 46.2 Å². The number of nitrogens with one attached hydrogen (secondary N) is 1. The van der Waals surface area contributed by atoms with E-state index >= 15 is 0 Å². The summed E-state index contributed by atoms with van der Waals surface area (Å²) in [6, 6.07) is 0.591. The summed E-state index contributed by atoms with van der Waals surface area (Å²) in [6.45, 7) is 10.2. The van der Waals surface area contributed by atoms with Gasteiger partial charge in [-0.1, -0.05) is 20.8 Å². The molecule has 0 amide bonds. The van der Waals surface area contributed by atoms with Crippen molar-refractivity contribution in [2.75, 3.05) is 27.2 Å². The standard InChI is InChI=1S/C15H32N2O2/c1-7-11-16-15(4,14(18)19-6)10-12-17(5)13(8-2)9-3/h13,16H,7-12H2,1-6H3. The molecule has 0 radical (unpaired) electrons. The summed E-state index contributed by atoms with van der Waals surface area (Å²) >= 11 is 0. The lowest BCUT2D eigenvalue weighted by atomic mass is 9.96. The zero-order chi connectivity index (χ0) is 14.9. The zero-order valence-corrected chi connectivity index (χ0v) is 13.6. The summed E-state index contributed by atoms with van der Waals surface area (Å²) in [7, 11) is 3.59. The number of hydrogen-bond acceptors (Lipinski definition) is 4. The van der Waals surface area contributed by atoms with E-state index in [9.17, 15) is 4.79 Å². The van der Waals surface area contributed by atoms with Crippen LogP contribution < -0.4 is 5.32 Å². The Kier molecular flexibility index (Phi) is 9.02. The first-order valence-electron chi connectivity index (χ1n) is 7.48. The molecule has 0 aliphatic heterocycles. The van der Waals surface area contributed by atoms with Crippen LogP contribution in [-0.4, -0.2) is 49.7 Å². The van der Waals surface area contributed by atoms with Crippen LogP contribution in [-0.2, 0) is 9.53 Å². The fourth-order valence-electron chi connectivity index (χ4n) is 2.38. The number of rotatable bonds is 10. The van der Waals surface area contributed by atoms with Crippen molar-refractivity contribution in [2.24, 2.45) is 0 Å². The molecule has 19 heavy (non-hydrogen) atoms. The van der Waals surface area contributed by atoms with Gasteiger partial charge in [-0.15, -0.1) is 0 Å². The molecular formula is C15H32N2O2. The molecular weight excluding hydrogens is 240 g/mol. The molecule has 0 saturated carbocycles. The van der Waals surface area contributed by atoms with Crippen LogP contribution in [0.3, 0.4) is 0 Å². The van der Waals surface area contributed by atoms with Crippen LogP contribution >= 0.6 is 0 Å². The summed E-state index contributed by atoms with van der Waals surface area (Å²) in [5, 5.41) is 3.33. The second-order valence-electron chi connectivity index (χ2n) is 5.45. The van der Waals surface area contributed by atoms with Gasteiger partial charge in [0.2, 0.25) is 0 Å². The molecule has 1 unspecified atom stereocenters. The molecule has 1 N–H and O–H groups in total. The van der Waals surface area contributed by atoms with Gasteiger partial charge in [0.25, 0.3) is 0 Å². The summed E-state index contributed by atoms with van der Waals surface area (Å²) in [4.78, 5) is 14.3.